The van der Waals surface area contributed by atoms with Crippen LogP contribution in [0.15, 0.2) is 87.8 Å². The number of amidine groups is 3. The topological polar surface area (TPSA) is 137 Å². The van der Waals surface area contributed by atoms with E-state index in [1.54, 1.807) is 0 Å². The normalized spacial score (nSPS) is 16.0. The van der Waals surface area contributed by atoms with Gasteiger partial charge in [-0.3, -0.25) is 19.8 Å². The van der Waals surface area contributed by atoms with Crippen molar-refractivity contribution in [3.8, 4) is 0 Å². The number of anilines is 6. The molecule has 63 heavy (non-hydrogen) atoms. The van der Waals surface area contributed by atoms with Crippen LogP contribution in [0.5, 0.6) is 0 Å². The highest BCUT2D eigenvalue weighted by Crippen LogP contribution is 2.28. The smallest absolute Gasteiger partial charge is 0.302 e. The zero-order chi connectivity index (χ0) is 44.9. The Kier molecular flexibility index (Phi) is 24.0. The van der Waals surface area contributed by atoms with Gasteiger partial charge >= 0.3 is 5.97 Å². The molecule has 3 saturated heterocycles. The monoisotopic (exact) mass is 870 g/mol. The maximum absolute atomic E-state index is 10.7. The molecule has 0 radical (unpaired) electrons. The Morgan fingerprint density at radius 2 is 0.841 bits per heavy atom. The van der Waals surface area contributed by atoms with Crippen molar-refractivity contribution in [1.29, 1.82) is 0 Å². The number of nitrogens with zero attached hydrogens (tertiary/aromatic N) is 6. The average molecular weight is 870 g/mol. The van der Waals surface area contributed by atoms with Gasteiger partial charge in [0.1, 0.15) is 6.61 Å². The van der Waals surface area contributed by atoms with Crippen molar-refractivity contribution in [1.82, 2.24) is 0 Å². The molecule has 14 heteroatoms. The van der Waals surface area contributed by atoms with E-state index >= 15 is 0 Å². The number of nitrogens with one attached hydrogen (secondary N) is 3. The summed E-state index contributed by atoms with van der Waals surface area (Å²) in [7, 11) is 0. The van der Waals surface area contributed by atoms with Gasteiger partial charge in [-0.25, -0.2) is 0 Å². The summed E-state index contributed by atoms with van der Waals surface area (Å²) in [5.41, 5.74) is 6.92. The minimum atomic E-state index is -0.279. The third-order valence-electron chi connectivity index (χ3n) is 10.4. The lowest BCUT2D eigenvalue weighted by Crippen LogP contribution is -2.36. The molecule has 0 spiro atoms. The number of carbonyl (C=O) groups is 1. The average Bonchev–Trinajstić information content (AvgIpc) is 3.31. The van der Waals surface area contributed by atoms with Gasteiger partial charge in [-0.05, 0) is 70.0 Å². The minimum Gasteiger partial charge on any atom is -0.464 e. The quantitative estimate of drug-likeness (QED) is 0.0553. The molecule has 0 aromatic heterocycles. The summed E-state index contributed by atoms with van der Waals surface area (Å²) in [6.07, 6.45) is 5.98. The Morgan fingerprint density at radius 3 is 1.19 bits per heavy atom. The van der Waals surface area contributed by atoms with Crippen molar-refractivity contribution in [2.75, 3.05) is 136 Å². The number of morpholine rings is 3. The van der Waals surface area contributed by atoms with E-state index in [4.69, 9.17) is 18.9 Å². The van der Waals surface area contributed by atoms with Gasteiger partial charge in [-0.1, -0.05) is 69.5 Å². The SMILES string of the molecule is CC(=O)OCCN=C(C)Nc1ccccc1N1CCOCC1.CCCCCN=C(C)Nc1ccccc1N1CCOCC1.CCCCN=C(C)Nc1ccccc1N1CCOCC1. The summed E-state index contributed by atoms with van der Waals surface area (Å²) >= 11 is 0. The molecule has 0 atom stereocenters. The van der Waals surface area contributed by atoms with Crippen LogP contribution in [0, 0.1) is 0 Å². The molecule has 346 valence electrons. The molecule has 0 amide bonds. The third kappa shape index (κ3) is 19.4. The Hall–Kier alpha value is -5.18. The van der Waals surface area contributed by atoms with Crippen molar-refractivity contribution in [3.05, 3.63) is 72.8 Å². The van der Waals surface area contributed by atoms with Crippen LogP contribution in [-0.2, 0) is 23.7 Å². The lowest BCUT2D eigenvalue weighted by molar-refractivity contribution is -0.140. The summed E-state index contributed by atoms with van der Waals surface area (Å²) < 4.78 is 21.1. The van der Waals surface area contributed by atoms with Crippen molar-refractivity contribution in [3.63, 3.8) is 0 Å². The zero-order valence-electron chi connectivity index (χ0n) is 39.0. The molecule has 14 nitrogen and oxygen atoms in total. The number of aliphatic imine (C=N–C) groups is 3. The second-order valence-corrected chi connectivity index (χ2v) is 15.5. The van der Waals surface area contributed by atoms with Crippen molar-refractivity contribution < 1.29 is 23.7 Å². The first-order chi connectivity index (χ1) is 30.8. The van der Waals surface area contributed by atoms with Gasteiger partial charge in [0, 0.05) is 59.3 Å². The standard InChI is InChI=1S/C17H27N3O.C16H23N3O3.C16H25N3O/c1-3-4-7-10-18-15(2)19-16-8-5-6-9-17(16)20-11-13-21-14-12-20;1-13(17-7-10-22-14(2)20)18-15-5-3-4-6-16(15)19-8-11-21-12-9-19;1-3-4-9-17-14(2)18-15-7-5-6-8-16(15)19-10-12-20-13-11-19/h5-6,8-9H,3-4,7,10-14H2,1-2H3,(H,18,19);3-6H,7-12H2,1-2H3,(H,17,18);5-8H,3-4,9-13H2,1-2H3,(H,17,18). The Balaban J connectivity index is 0.000000208. The first kappa shape index (κ1) is 50.5. The van der Waals surface area contributed by atoms with Crippen molar-refractivity contribution in [2.24, 2.45) is 15.0 Å². The molecule has 3 aromatic carbocycles. The fourth-order valence-corrected chi connectivity index (χ4v) is 7.10. The molecule has 3 heterocycles. The van der Waals surface area contributed by atoms with Gasteiger partial charge in [-0.15, -0.1) is 0 Å². The fourth-order valence-electron chi connectivity index (χ4n) is 7.10. The summed E-state index contributed by atoms with van der Waals surface area (Å²) in [6, 6.07) is 25.0. The van der Waals surface area contributed by atoms with Gasteiger partial charge < -0.3 is 49.6 Å². The maximum Gasteiger partial charge on any atom is 0.302 e. The number of benzene rings is 3. The van der Waals surface area contributed by atoms with Gasteiger partial charge in [0.2, 0.25) is 0 Å². The van der Waals surface area contributed by atoms with Crippen LogP contribution >= 0.6 is 0 Å². The highest BCUT2D eigenvalue weighted by Gasteiger charge is 2.17. The number of para-hydroxylation sites is 6. The van der Waals surface area contributed by atoms with Gasteiger partial charge in [0.15, 0.2) is 0 Å². The predicted molar refractivity (Wildman–Crippen MR) is 264 cm³/mol. The number of rotatable bonds is 16. The lowest BCUT2D eigenvalue weighted by atomic mass is 10.2. The number of ether oxygens (including phenoxy) is 4. The Morgan fingerprint density at radius 1 is 0.508 bits per heavy atom. The van der Waals surface area contributed by atoms with Crippen LogP contribution in [0.3, 0.4) is 0 Å². The molecule has 6 rings (SSSR count). The number of esters is 1. The first-order valence-electron chi connectivity index (χ1n) is 23.0. The first-order valence-corrected chi connectivity index (χ1v) is 23.0. The van der Waals surface area contributed by atoms with E-state index in [9.17, 15) is 4.79 Å². The second-order valence-electron chi connectivity index (χ2n) is 15.5. The van der Waals surface area contributed by atoms with Crippen LogP contribution in [0.2, 0.25) is 0 Å². The second kappa shape index (κ2) is 30.0. The Bertz CT molecular complexity index is 1840. The molecule has 0 aliphatic carbocycles. The van der Waals surface area contributed by atoms with Crippen LogP contribution < -0.4 is 30.7 Å². The number of hydrogen-bond acceptors (Lipinski definition) is 11. The van der Waals surface area contributed by atoms with E-state index in [1.807, 2.05) is 39.0 Å². The molecule has 3 aliphatic rings. The molecular formula is C49H75N9O5. The van der Waals surface area contributed by atoms with Crippen LogP contribution in [0.1, 0.15) is 73.6 Å². The van der Waals surface area contributed by atoms with E-state index in [2.05, 4.69) is 114 Å². The van der Waals surface area contributed by atoms with E-state index in [0.29, 0.717) is 13.2 Å². The molecule has 3 N–H and O–H groups in total. The van der Waals surface area contributed by atoms with Crippen LogP contribution in [0.25, 0.3) is 0 Å². The Labute approximate surface area is 377 Å². The molecule has 3 fully saturated rings. The summed E-state index contributed by atoms with van der Waals surface area (Å²) in [4.78, 5) is 31.3. The minimum absolute atomic E-state index is 0.279. The molecule has 0 saturated carbocycles. The van der Waals surface area contributed by atoms with E-state index in [1.165, 1.54) is 44.0 Å². The van der Waals surface area contributed by atoms with Gasteiger partial charge in [-0.2, -0.15) is 0 Å². The third-order valence-corrected chi connectivity index (χ3v) is 10.4. The predicted octanol–water partition coefficient (Wildman–Crippen LogP) is 8.61. The number of unbranched alkanes of at least 4 members (excludes halogenated alkanes) is 3. The van der Waals surface area contributed by atoms with Crippen molar-refractivity contribution in [2.45, 2.75) is 73.6 Å². The summed E-state index contributed by atoms with van der Waals surface area (Å²) in [5.74, 6) is 2.50. The number of hydrogen-bond donors (Lipinski definition) is 3. The van der Waals surface area contributed by atoms with Crippen molar-refractivity contribution >= 4 is 57.6 Å². The van der Waals surface area contributed by atoms with Gasteiger partial charge in [0.05, 0.1) is 97.8 Å². The molecule has 3 aromatic rings. The van der Waals surface area contributed by atoms with Crippen LogP contribution in [0.4, 0.5) is 34.1 Å². The zero-order valence-corrected chi connectivity index (χ0v) is 39.0. The fraction of sp³-hybridized carbons (Fsp3) is 0.551. The van der Waals surface area contributed by atoms with Crippen LogP contribution in [-0.4, -0.2) is 129 Å². The largest absolute Gasteiger partial charge is 0.464 e. The van der Waals surface area contributed by atoms with Gasteiger partial charge in [0.25, 0.3) is 0 Å². The maximum atomic E-state index is 10.7. The van der Waals surface area contributed by atoms with E-state index in [0.717, 1.165) is 139 Å². The molecule has 0 bridgehead atoms. The summed E-state index contributed by atoms with van der Waals surface area (Å²) in [5, 5.41) is 10.2. The number of carbonyl (C=O) groups excluding carboxylic acids is 1. The summed E-state index contributed by atoms with van der Waals surface area (Å²) in [6.45, 7) is 24.7. The van der Waals surface area contributed by atoms with E-state index < -0.39 is 0 Å². The lowest BCUT2D eigenvalue weighted by Gasteiger charge is -2.30. The van der Waals surface area contributed by atoms with E-state index in [-0.39, 0.29) is 5.97 Å². The molecule has 3 aliphatic heterocycles. The molecular weight excluding hydrogens is 795 g/mol. The highest BCUT2D eigenvalue weighted by atomic mass is 16.5. The molecule has 0 unspecified atom stereocenters. The highest BCUT2D eigenvalue weighted by molar-refractivity contribution is 5.98.